The van der Waals surface area contributed by atoms with Crippen LogP contribution in [0.15, 0.2) is 5.16 Å². The lowest BCUT2D eigenvalue weighted by molar-refractivity contribution is -0.125. The second-order valence-corrected chi connectivity index (χ2v) is 4.56. The number of carbonyl (C=O) groups is 2. The van der Waals surface area contributed by atoms with Crippen molar-refractivity contribution >= 4 is 41.1 Å². The van der Waals surface area contributed by atoms with Crippen LogP contribution in [0.25, 0.3) is 0 Å². The number of thioether (sulfide) groups is 1. The zero-order valence-electron chi connectivity index (χ0n) is 9.84. The summed E-state index contributed by atoms with van der Waals surface area (Å²) in [5.74, 6) is -0.856. The lowest BCUT2D eigenvalue weighted by atomic mass is 10.3. The molecule has 0 spiro atoms. The van der Waals surface area contributed by atoms with Crippen molar-refractivity contribution < 1.29 is 19.5 Å². The molecule has 98 valence electrons. The van der Waals surface area contributed by atoms with Crippen LogP contribution in [-0.2, 0) is 9.53 Å². The lowest BCUT2D eigenvalue weighted by Gasteiger charge is -2.15. The van der Waals surface area contributed by atoms with E-state index in [0.29, 0.717) is 5.71 Å². The molecule has 0 saturated carbocycles. The maximum atomic E-state index is 11.4. The fourth-order valence-corrected chi connectivity index (χ4v) is 1.35. The van der Waals surface area contributed by atoms with Crippen LogP contribution in [0.5, 0.6) is 0 Å². The van der Waals surface area contributed by atoms with Gasteiger partial charge in [0.05, 0.1) is 0 Å². The van der Waals surface area contributed by atoms with E-state index in [2.05, 4.69) is 5.16 Å². The highest BCUT2D eigenvalue weighted by atomic mass is 35.5. The van der Waals surface area contributed by atoms with Gasteiger partial charge < -0.3 is 9.94 Å². The molecule has 1 unspecified atom stereocenters. The second-order valence-electron chi connectivity index (χ2n) is 3.11. The molecule has 1 atom stereocenters. The summed E-state index contributed by atoms with van der Waals surface area (Å²) < 4.78 is 4.81. The molecule has 0 rings (SSSR count). The van der Waals surface area contributed by atoms with Gasteiger partial charge in [0.25, 0.3) is 0 Å². The summed E-state index contributed by atoms with van der Waals surface area (Å²) >= 11 is 6.73. The minimum Gasteiger partial charge on any atom is -0.443 e. The van der Waals surface area contributed by atoms with E-state index in [1.807, 2.05) is 6.26 Å². The van der Waals surface area contributed by atoms with Gasteiger partial charge in [-0.1, -0.05) is 5.16 Å². The summed E-state index contributed by atoms with van der Waals surface area (Å²) in [5, 5.41) is 11.7. The molecule has 0 bridgehead atoms. The van der Waals surface area contributed by atoms with E-state index in [4.69, 9.17) is 21.5 Å². The third-order valence-corrected chi connectivity index (χ3v) is 3.26. The van der Waals surface area contributed by atoms with Gasteiger partial charge in [-0.05, 0) is 13.2 Å². The van der Waals surface area contributed by atoms with Crippen molar-refractivity contribution in [3.63, 3.8) is 0 Å². The molecule has 0 heterocycles. The number of imide groups is 1. The Labute approximate surface area is 109 Å². The maximum absolute atomic E-state index is 11.4. The van der Waals surface area contributed by atoms with Gasteiger partial charge in [-0.2, -0.15) is 11.8 Å². The van der Waals surface area contributed by atoms with Crippen LogP contribution < -0.4 is 0 Å². The number of hydrogen-bond acceptors (Lipinski definition) is 6. The van der Waals surface area contributed by atoms with E-state index in [-0.39, 0.29) is 17.7 Å². The Morgan fingerprint density at radius 3 is 2.59 bits per heavy atom. The van der Waals surface area contributed by atoms with Crippen molar-refractivity contribution in [2.24, 2.45) is 5.16 Å². The van der Waals surface area contributed by atoms with Crippen molar-refractivity contribution in [2.75, 3.05) is 25.8 Å². The van der Waals surface area contributed by atoms with E-state index in [0.717, 1.165) is 4.90 Å². The van der Waals surface area contributed by atoms with E-state index in [1.165, 1.54) is 18.8 Å². The van der Waals surface area contributed by atoms with E-state index >= 15 is 0 Å². The van der Waals surface area contributed by atoms with E-state index in [1.54, 1.807) is 6.92 Å². The molecule has 8 heteroatoms. The first kappa shape index (κ1) is 16.1. The standard InChI is InChI=1S/C9H15ClN2O4S/c1-6(17-3)7(11-15)5-16-9(14)12(2)8(13)4-10/h6,15H,4-5H2,1-3H3. The van der Waals surface area contributed by atoms with Crippen LogP contribution in [0, 0.1) is 0 Å². The first-order chi connectivity index (χ1) is 7.97. The van der Waals surface area contributed by atoms with Crippen LogP contribution >= 0.6 is 23.4 Å². The minimum absolute atomic E-state index is 0.0816. The Bertz CT molecular complexity index is 311. The molecule has 0 saturated heterocycles. The zero-order chi connectivity index (χ0) is 13.4. The molecule has 0 aliphatic heterocycles. The molecule has 0 aromatic heterocycles. The number of ether oxygens (including phenoxy) is 1. The monoisotopic (exact) mass is 282 g/mol. The Morgan fingerprint density at radius 2 is 2.18 bits per heavy atom. The van der Waals surface area contributed by atoms with Crippen LogP contribution in [0.2, 0.25) is 0 Å². The minimum atomic E-state index is -0.829. The normalized spacial score (nSPS) is 13.1. The largest absolute Gasteiger partial charge is 0.443 e. The smallest absolute Gasteiger partial charge is 0.416 e. The number of oxime groups is 1. The Hall–Kier alpha value is -0.950. The predicted octanol–water partition coefficient (Wildman–Crippen LogP) is 1.40. The molecule has 0 aliphatic rings. The summed E-state index contributed by atoms with van der Waals surface area (Å²) in [6.07, 6.45) is 1.01. The molecule has 0 aliphatic carbocycles. The maximum Gasteiger partial charge on any atom is 0.416 e. The second kappa shape index (κ2) is 8.19. The Kier molecular flexibility index (Phi) is 7.73. The highest BCUT2D eigenvalue weighted by molar-refractivity contribution is 7.99. The molecule has 0 fully saturated rings. The molecule has 0 aromatic rings. The summed E-state index contributed by atoms with van der Waals surface area (Å²) in [6.45, 7) is 1.64. The van der Waals surface area contributed by atoms with Gasteiger partial charge in [0.2, 0.25) is 5.91 Å². The first-order valence-corrected chi connectivity index (χ1v) is 6.53. The molecule has 1 N–H and O–H groups in total. The Morgan fingerprint density at radius 1 is 1.59 bits per heavy atom. The fourth-order valence-electron chi connectivity index (χ4n) is 0.788. The fraction of sp³-hybridized carbons (Fsp3) is 0.667. The van der Waals surface area contributed by atoms with Crippen molar-refractivity contribution in [3.05, 3.63) is 0 Å². The van der Waals surface area contributed by atoms with Crippen molar-refractivity contribution in [1.82, 2.24) is 4.90 Å². The summed E-state index contributed by atoms with van der Waals surface area (Å²) in [7, 11) is 1.26. The summed E-state index contributed by atoms with van der Waals surface area (Å²) in [5.41, 5.74) is 0.317. The molecule has 2 amide bonds. The van der Waals surface area contributed by atoms with Gasteiger partial charge >= 0.3 is 6.09 Å². The zero-order valence-corrected chi connectivity index (χ0v) is 11.4. The van der Waals surface area contributed by atoms with Gasteiger partial charge in [0, 0.05) is 12.3 Å². The topological polar surface area (TPSA) is 79.2 Å². The van der Waals surface area contributed by atoms with Crippen molar-refractivity contribution in [3.8, 4) is 0 Å². The van der Waals surface area contributed by atoms with Gasteiger partial charge in [-0.25, -0.2) is 9.69 Å². The lowest BCUT2D eigenvalue weighted by Crippen LogP contribution is -2.36. The number of carbonyl (C=O) groups excluding carboxylic acids is 2. The molecule has 6 nitrogen and oxygen atoms in total. The predicted molar refractivity (Wildman–Crippen MR) is 67.0 cm³/mol. The molecule has 0 radical (unpaired) electrons. The summed E-state index contributed by atoms with van der Waals surface area (Å²) in [6, 6.07) is 0. The van der Waals surface area contributed by atoms with Crippen molar-refractivity contribution in [2.45, 2.75) is 12.2 Å². The van der Waals surface area contributed by atoms with Gasteiger partial charge in [-0.3, -0.25) is 4.79 Å². The van der Waals surface area contributed by atoms with Gasteiger partial charge in [0.15, 0.2) is 0 Å². The third-order valence-electron chi connectivity index (χ3n) is 2.06. The van der Waals surface area contributed by atoms with Crippen LogP contribution in [-0.4, -0.2) is 58.9 Å². The molecular weight excluding hydrogens is 268 g/mol. The Balaban J connectivity index is 4.28. The van der Waals surface area contributed by atoms with Crippen LogP contribution in [0.4, 0.5) is 4.79 Å². The number of halogens is 1. The third kappa shape index (κ3) is 5.27. The highest BCUT2D eigenvalue weighted by Gasteiger charge is 2.19. The van der Waals surface area contributed by atoms with Crippen molar-refractivity contribution in [1.29, 1.82) is 0 Å². The van der Waals surface area contributed by atoms with E-state index in [9.17, 15) is 9.59 Å². The molecular formula is C9H15ClN2O4S. The SMILES string of the molecule is CSC(C)C(COC(=O)N(C)C(=O)CCl)=NO. The number of amides is 2. The van der Waals surface area contributed by atoms with Gasteiger partial charge in [0.1, 0.15) is 18.2 Å². The average molecular weight is 283 g/mol. The number of alkyl halides is 1. The van der Waals surface area contributed by atoms with E-state index < -0.39 is 12.0 Å². The molecule has 17 heavy (non-hydrogen) atoms. The quantitative estimate of drug-likeness (QED) is 0.357. The number of rotatable bonds is 5. The highest BCUT2D eigenvalue weighted by Crippen LogP contribution is 2.08. The van der Waals surface area contributed by atoms with Crippen LogP contribution in [0.3, 0.4) is 0 Å². The summed E-state index contributed by atoms with van der Waals surface area (Å²) in [4.78, 5) is 23.2. The number of nitrogens with zero attached hydrogens (tertiary/aromatic N) is 2. The van der Waals surface area contributed by atoms with Crippen LogP contribution in [0.1, 0.15) is 6.92 Å². The first-order valence-electron chi connectivity index (χ1n) is 4.70. The average Bonchev–Trinajstić information content (AvgIpc) is 2.36. The van der Waals surface area contributed by atoms with Gasteiger partial charge in [-0.15, -0.1) is 11.6 Å². The molecule has 0 aromatic carbocycles. The number of hydrogen-bond donors (Lipinski definition) is 1.